The first-order chi connectivity index (χ1) is 9.86. The van der Waals surface area contributed by atoms with Crippen molar-refractivity contribution < 1.29 is 4.74 Å². The van der Waals surface area contributed by atoms with E-state index in [2.05, 4.69) is 43.4 Å². The zero-order valence-electron chi connectivity index (χ0n) is 12.8. The highest BCUT2D eigenvalue weighted by Crippen LogP contribution is 2.62. The van der Waals surface area contributed by atoms with Crippen molar-refractivity contribution in [3.63, 3.8) is 0 Å². The van der Waals surface area contributed by atoms with Crippen LogP contribution in [0.15, 0.2) is 24.3 Å². The van der Waals surface area contributed by atoms with E-state index in [1.54, 1.807) is 0 Å². The molecule has 2 aliphatic carbocycles. The minimum atomic E-state index is 0.494. The smallest absolute Gasteiger partial charge is 0.124 e. The molecule has 1 aromatic rings. The van der Waals surface area contributed by atoms with Crippen LogP contribution in [0.3, 0.4) is 0 Å². The van der Waals surface area contributed by atoms with Crippen molar-refractivity contribution in [2.75, 3.05) is 13.2 Å². The fourth-order valence-corrected chi connectivity index (χ4v) is 4.15. The second-order valence-electron chi connectivity index (χ2n) is 6.24. The molecule has 0 heterocycles. The Hall–Kier alpha value is -1.02. The van der Waals surface area contributed by atoms with Gasteiger partial charge in [0.25, 0.3) is 0 Å². The van der Waals surface area contributed by atoms with E-state index in [0.29, 0.717) is 6.04 Å². The van der Waals surface area contributed by atoms with Crippen molar-refractivity contribution in [2.24, 2.45) is 17.8 Å². The Morgan fingerprint density at radius 2 is 1.95 bits per heavy atom. The lowest BCUT2D eigenvalue weighted by atomic mass is 9.96. The van der Waals surface area contributed by atoms with E-state index >= 15 is 0 Å². The Kier molecular flexibility index (Phi) is 4.30. The van der Waals surface area contributed by atoms with Gasteiger partial charge in [-0.3, -0.25) is 0 Å². The van der Waals surface area contributed by atoms with Gasteiger partial charge in [0.1, 0.15) is 5.75 Å². The second kappa shape index (κ2) is 6.17. The molecular formula is C18H27NO. The molecule has 110 valence electrons. The Morgan fingerprint density at radius 1 is 1.20 bits per heavy atom. The van der Waals surface area contributed by atoms with Crippen LogP contribution in [0.1, 0.15) is 51.1 Å². The molecule has 0 aromatic heterocycles. The number of hydrogen-bond donors (Lipinski definition) is 1. The molecule has 20 heavy (non-hydrogen) atoms. The van der Waals surface area contributed by atoms with E-state index in [1.807, 2.05) is 0 Å². The van der Waals surface area contributed by atoms with Crippen molar-refractivity contribution >= 4 is 0 Å². The molecule has 1 aromatic carbocycles. The predicted molar refractivity (Wildman–Crippen MR) is 83.0 cm³/mol. The van der Waals surface area contributed by atoms with Crippen molar-refractivity contribution in [1.82, 2.24) is 5.32 Å². The fraction of sp³-hybridized carbons (Fsp3) is 0.667. The lowest BCUT2D eigenvalue weighted by Gasteiger charge is -2.23. The van der Waals surface area contributed by atoms with Crippen molar-refractivity contribution in [2.45, 2.75) is 45.6 Å². The molecule has 2 aliphatic rings. The number of para-hydroxylation sites is 1. The first-order valence-corrected chi connectivity index (χ1v) is 8.32. The lowest BCUT2D eigenvalue weighted by molar-refractivity contribution is 0.324. The number of rotatable bonds is 7. The highest BCUT2D eigenvalue weighted by molar-refractivity contribution is 5.38. The summed E-state index contributed by atoms with van der Waals surface area (Å²) in [5.41, 5.74) is 1.38. The highest BCUT2D eigenvalue weighted by atomic mass is 16.5. The van der Waals surface area contributed by atoms with Gasteiger partial charge in [0.2, 0.25) is 0 Å². The molecule has 3 atom stereocenters. The molecule has 0 amide bonds. The maximum absolute atomic E-state index is 5.86. The average molecular weight is 273 g/mol. The number of hydrogen-bond acceptors (Lipinski definition) is 2. The molecule has 2 saturated carbocycles. The summed E-state index contributed by atoms with van der Waals surface area (Å²) in [7, 11) is 0. The van der Waals surface area contributed by atoms with E-state index in [1.165, 1.54) is 31.2 Å². The average Bonchev–Trinajstić information content (AvgIpc) is 2.94. The normalized spacial score (nSPS) is 29.0. The molecule has 0 saturated heterocycles. The number of ether oxygens (including phenoxy) is 1. The molecule has 3 unspecified atom stereocenters. The third-order valence-corrected chi connectivity index (χ3v) is 5.03. The molecule has 0 aliphatic heterocycles. The Morgan fingerprint density at radius 3 is 2.65 bits per heavy atom. The van der Waals surface area contributed by atoms with Gasteiger partial charge in [0.05, 0.1) is 6.61 Å². The summed E-state index contributed by atoms with van der Waals surface area (Å²) in [5.74, 6) is 3.86. The van der Waals surface area contributed by atoms with Crippen molar-refractivity contribution in [1.29, 1.82) is 0 Å². The Bertz CT molecular complexity index is 435. The standard InChI is InChI=1S/C18H27NO/c1-3-12-19-18(17-13-9-7-10-14(13)17)15-8-5-6-11-16(15)20-4-2/h5-6,8,11,13-14,17-19H,3-4,7,9-10,12H2,1-2H3. The summed E-state index contributed by atoms with van der Waals surface area (Å²) in [6.45, 7) is 6.15. The molecular weight excluding hydrogens is 246 g/mol. The summed E-state index contributed by atoms with van der Waals surface area (Å²) in [6, 6.07) is 9.10. The van der Waals surface area contributed by atoms with Gasteiger partial charge in [-0.05, 0) is 56.6 Å². The van der Waals surface area contributed by atoms with Crippen LogP contribution in [0.4, 0.5) is 0 Å². The first kappa shape index (κ1) is 13.9. The highest BCUT2D eigenvalue weighted by Gasteiger charge is 2.56. The topological polar surface area (TPSA) is 21.3 Å². The van der Waals surface area contributed by atoms with Crippen LogP contribution in [0, 0.1) is 17.8 Å². The van der Waals surface area contributed by atoms with Crippen LogP contribution in [0.5, 0.6) is 5.75 Å². The van der Waals surface area contributed by atoms with Crippen LogP contribution < -0.4 is 10.1 Å². The van der Waals surface area contributed by atoms with Crippen molar-refractivity contribution in [3.8, 4) is 5.75 Å². The SMILES string of the molecule is CCCNC(c1ccccc1OCC)C1C2CCCC21. The van der Waals surface area contributed by atoms with Crippen molar-refractivity contribution in [3.05, 3.63) is 29.8 Å². The predicted octanol–water partition coefficient (Wildman–Crippen LogP) is 4.17. The van der Waals surface area contributed by atoms with Gasteiger partial charge < -0.3 is 10.1 Å². The molecule has 0 spiro atoms. The molecule has 2 nitrogen and oxygen atoms in total. The molecule has 0 bridgehead atoms. The monoisotopic (exact) mass is 273 g/mol. The zero-order valence-corrected chi connectivity index (χ0v) is 12.8. The maximum Gasteiger partial charge on any atom is 0.124 e. The molecule has 2 fully saturated rings. The minimum absolute atomic E-state index is 0.494. The van der Waals surface area contributed by atoms with E-state index in [-0.39, 0.29) is 0 Å². The van der Waals surface area contributed by atoms with Gasteiger partial charge in [-0.2, -0.15) is 0 Å². The summed E-state index contributed by atoms with van der Waals surface area (Å²) in [5, 5.41) is 3.80. The summed E-state index contributed by atoms with van der Waals surface area (Å²) in [4.78, 5) is 0. The molecule has 2 heteroatoms. The van der Waals surface area contributed by atoms with Crippen LogP contribution in [-0.2, 0) is 0 Å². The summed E-state index contributed by atoms with van der Waals surface area (Å²) >= 11 is 0. The van der Waals surface area contributed by atoms with E-state index in [4.69, 9.17) is 4.74 Å². The zero-order chi connectivity index (χ0) is 13.9. The van der Waals surface area contributed by atoms with Gasteiger partial charge in [0, 0.05) is 11.6 Å². The van der Waals surface area contributed by atoms with E-state index in [0.717, 1.165) is 36.7 Å². The minimum Gasteiger partial charge on any atom is -0.494 e. The number of fused-ring (bicyclic) bond motifs is 1. The molecule has 0 radical (unpaired) electrons. The summed E-state index contributed by atoms with van der Waals surface area (Å²) < 4.78 is 5.86. The quantitative estimate of drug-likeness (QED) is 0.805. The van der Waals surface area contributed by atoms with Gasteiger partial charge >= 0.3 is 0 Å². The molecule has 3 rings (SSSR count). The fourth-order valence-electron chi connectivity index (χ4n) is 4.15. The van der Waals surface area contributed by atoms with Gasteiger partial charge in [-0.15, -0.1) is 0 Å². The Labute approximate surface area is 122 Å². The lowest BCUT2D eigenvalue weighted by Crippen LogP contribution is -2.26. The van der Waals surface area contributed by atoms with Gasteiger partial charge in [-0.1, -0.05) is 31.5 Å². The third kappa shape index (κ3) is 2.58. The van der Waals surface area contributed by atoms with Gasteiger partial charge in [-0.25, -0.2) is 0 Å². The number of benzene rings is 1. The Balaban J connectivity index is 1.81. The van der Waals surface area contributed by atoms with Crippen LogP contribution in [0.2, 0.25) is 0 Å². The maximum atomic E-state index is 5.86. The largest absolute Gasteiger partial charge is 0.494 e. The van der Waals surface area contributed by atoms with Gasteiger partial charge in [0.15, 0.2) is 0 Å². The first-order valence-electron chi connectivity index (χ1n) is 8.32. The van der Waals surface area contributed by atoms with E-state index in [9.17, 15) is 0 Å². The third-order valence-electron chi connectivity index (χ3n) is 5.03. The summed E-state index contributed by atoms with van der Waals surface area (Å²) in [6.07, 6.45) is 5.52. The van der Waals surface area contributed by atoms with Crippen LogP contribution in [0.25, 0.3) is 0 Å². The van der Waals surface area contributed by atoms with Crippen LogP contribution in [-0.4, -0.2) is 13.2 Å². The van der Waals surface area contributed by atoms with E-state index < -0.39 is 0 Å². The van der Waals surface area contributed by atoms with Crippen LogP contribution >= 0.6 is 0 Å². The molecule has 1 N–H and O–H groups in total. The second-order valence-corrected chi connectivity index (χ2v) is 6.24. The number of nitrogens with one attached hydrogen (secondary N) is 1.